The van der Waals surface area contributed by atoms with Crippen molar-refractivity contribution in [3.05, 3.63) is 14.9 Å². The lowest BCUT2D eigenvalue weighted by molar-refractivity contribution is -0.00284. The minimum absolute atomic E-state index is 0.0386. The van der Waals surface area contributed by atoms with Gasteiger partial charge in [0.1, 0.15) is 17.0 Å². The standard InChI is InChI=1S/C14H17ClIN3OS/c1-4-9-7(2)5-10(20-9)19-6-8(16)11-12(15)17-14(21-3)18-13(11)19/h6-7,9-10H,4-5H2,1-3H3. The molecule has 0 aliphatic carbocycles. The van der Waals surface area contributed by atoms with Crippen LogP contribution in [0.5, 0.6) is 0 Å². The number of hydrogen-bond acceptors (Lipinski definition) is 4. The molecule has 3 unspecified atom stereocenters. The molecule has 0 spiro atoms. The monoisotopic (exact) mass is 437 g/mol. The molecule has 1 aliphatic rings. The van der Waals surface area contributed by atoms with Gasteiger partial charge in [0.25, 0.3) is 0 Å². The van der Waals surface area contributed by atoms with E-state index in [1.54, 1.807) is 0 Å². The zero-order chi connectivity index (χ0) is 15.1. The van der Waals surface area contributed by atoms with Crippen LogP contribution < -0.4 is 0 Å². The van der Waals surface area contributed by atoms with E-state index in [0.29, 0.717) is 22.3 Å². The Morgan fingerprint density at radius 1 is 1.52 bits per heavy atom. The number of hydrogen-bond donors (Lipinski definition) is 0. The van der Waals surface area contributed by atoms with Gasteiger partial charge in [-0.15, -0.1) is 0 Å². The van der Waals surface area contributed by atoms with E-state index in [9.17, 15) is 0 Å². The fraction of sp³-hybridized carbons (Fsp3) is 0.571. The van der Waals surface area contributed by atoms with Crippen molar-refractivity contribution in [2.75, 3.05) is 6.26 Å². The molecule has 0 radical (unpaired) electrons. The largest absolute Gasteiger partial charge is 0.354 e. The Morgan fingerprint density at radius 3 is 2.90 bits per heavy atom. The van der Waals surface area contributed by atoms with Crippen molar-refractivity contribution < 1.29 is 4.74 Å². The molecule has 3 rings (SSSR count). The minimum atomic E-state index is 0.0386. The summed E-state index contributed by atoms with van der Waals surface area (Å²) >= 11 is 10.1. The molecule has 0 saturated carbocycles. The highest BCUT2D eigenvalue weighted by Gasteiger charge is 2.33. The first-order chi connectivity index (χ1) is 10.0. The van der Waals surface area contributed by atoms with E-state index in [4.69, 9.17) is 16.3 Å². The smallest absolute Gasteiger partial charge is 0.190 e. The maximum Gasteiger partial charge on any atom is 0.190 e. The lowest BCUT2D eigenvalue weighted by atomic mass is 10.0. The van der Waals surface area contributed by atoms with Gasteiger partial charge in [0.2, 0.25) is 0 Å². The quantitative estimate of drug-likeness (QED) is 0.301. The van der Waals surface area contributed by atoms with Gasteiger partial charge in [0.05, 0.1) is 11.5 Å². The molecule has 21 heavy (non-hydrogen) atoms. The molecule has 1 saturated heterocycles. The van der Waals surface area contributed by atoms with Crippen molar-refractivity contribution >= 4 is 57.0 Å². The molecule has 0 N–H and O–H groups in total. The van der Waals surface area contributed by atoms with Gasteiger partial charge in [0, 0.05) is 9.77 Å². The van der Waals surface area contributed by atoms with E-state index in [1.807, 2.05) is 6.26 Å². The molecule has 1 fully saturated rings. The van der Waals surface area contributed by atoms with Gasteiger partial charge in [0.15, 0.2) is 5.16 Å². The second-order valence-electron chi connectivity index (χ2n) is 5.33. The number of fused-ring (bicyclic) bond motifs is 1. The summed E-state index contributed by atoms with van der Waals surface area (Å²) in [5.74, 6) is 0.562. The van der Waals surface area contributed by atoms with E-state index in [0.717, 1.165) is 27.4 Å². The second-order valence-corrected chi connectivity index (χ2v) is 7.63. The molecule has 4 nitrogen and oxygen atoms in total. The topological polar surface area (TPSA) is 39.9 Å². The predicted octanol–water partition coefficient (Wildman–Crippen LogP) is 4.74. The van der Waals surface area contributed by atoms with E-state index in [1.165, 1.54) is 11.8 Å². The van der Waals surface area contributed by atoms with Crippen molar-refractivity contribution in [2.45, 2.75) is 44.2 Å². The Labute approximate surface area is 147 Å². The predicted molar refractivity (Wildman–Crippen MR) is 95.0 cm³/mol. The van der Waals surface area contributed by atoms with Crippen LogP contribution in [0, 0.1) is 9.49 Å². The van der Waals surface area contributed by atoms with E-state index in [2.05, 4.69) is 57.2 Å². The zero-order valence-corrected chi connectivity index (χ0v) is 15.9. The summed E-state index contributed by atoms with van der Waals surface area (Å²) in [4.78, 5) is 8.97. The first-order valence-electron chi connectivity index (χ1n) is 6.98. The normalized spacial score (nSPS) is 25.9. The van der Waals surface area contributed by atoms with E-state index < -0.39 is 0 Å². The summed E-state index contributed by atoms with van der Waals surface area (Å²) in [5.41, 5.74) is 0.873. The summed E-state index contributed by atoms with van der Waals surface area (Å²) in [6, 6.07) is 0. The Bertz CT molecular complexity index is 678. The van der Waals surface area contributed by atoms with Crippen LogP contribution in [0.2, 0.25) is 5.15 Å². The zero-order valence-electron chi connectivity index (χ0n) is 12.1. The first-order valence-corrected chi connectivity index (χ1v) is 9.66. The van der Waals surface area contributed by atoms with Crippen LogP contribution in [0.15, 0.2) is 11.4 Å². The van der Waals surface area contributed by atoms with Crippen LogP contribution in [0.1, 0.15) is 32.9 Å². The average molecular weight is 438 g/mol. The summed E-state index contributed by atoms with van der Waals surface area (Å²) in [6.07, 6.45) is 6.44. The summed E-state index contributed by atoms with van der Waals surface area (Å²) in [5, 5.41) is 2.14. The SMILES string of the molecule is CCC1OC(n2cc(I)c3c(Cl)nc(SC)nc32)CC1C. The summed E-state index contributed by atoms with van der Waals surface area (Å²) < 4.78 is 9.38. The first kappa shape index (κ1) is 15.8. The molecule has 114 valence electrons. The highest BCUT2D eigenvalue weighted by Crippen LogP contribution is 2.38. The van der Waals surface area contributed by atoms with Crippen molar-refractivity contribution in [3.8, 4) is 0 Å². The molecule has 0 aromatic carbocycles. The Kier molecular flexibility index (Phi) is 4.69. The number of thioether (sulfide) groups is 1. The van der Waals surface area contributed by atoms with Gasteiger partial charge < -0.3 is 9.30 Å². The number of rotatable bonds is 3. The molecule has 1 aliphatic heterocycles. The molecule has 3 heterocycles. The van der Waals surface area contributed by atoms with Gasteiger partial charge >= 0.3 is 0 Å². The molecular weight excluding hydrogens is 421 g/mol. The van der Waals surface area contributed by atoms with Gasteiger partial charge in [-0.3, -0.25) is 0 Å². The third-order valence-corrected chi connectivity index (χ3v) is 5.64. The third kappa shape index (κ3) is 2.80. The van der Waals surface area contributed by atoms with Crippen molar-refractivity contribution in [1.29, 1.82) is 0 Å². The van der Waals surface area contributed by atoms with Crippen LogP contribution in [-0.4, -0.2) is 26.9 Å². The molecular formula is C14H17ClIN3OS. The van der Waals surface area contributed by atoms with E-state index in [-0.39, 0.29) is 6.23 Å². The van der Waals surface area contributed by atoms with E-state index >= 15 is 0 Å². The third-order valence-electron chi connectivity index (χ3n) is 4.00. The Hall–Kier alpha value is -0.0500. The summed E-state index contributed by atoms with van der Waals surface area (Å²) in [7, 11) is 0. The van der Waals surface area contributed by atoms with Crippen molar-refractivity contribution in [3.63, 3.8) is 0 Å². The van der Waals surface area contributed by atoms with Crippen LogP contribution in [0.4, 0.5) is 0 Å². The fourth-order valence-corrected chi connectivity index (χ4v) is 4.53. The van der Waals surface area contributed by atoms with Crippen LogP contribution >= 0.6 is 46.0 Å². The average Bonchev–Trinajstić information content (AvgIpc) is 2.99. The second kappa shape index (κ2) is 6.22. The Morgan fingerprint density at radius 2 is 2.29 bits per heavy atom. The van der Waals surface area contributed by atoms with Gasteiger partial charge in [-0.1, -0.05) is 37.2 Å². The van der Waals surface area contributed by atoms with Gasteiger partial charge in [-0.2, -0.15) is 0 Å². The van der Waals surface area contributed by atoms with Crippen LogP contribution in [-0.2, 0) is 4.74 Å². The van der Waals surface area contributed by atoms with Gasteiger partial charge in [-0.25, -0.2) is 9.97 Å². The van der Waals surface area contributed by atoms with Crippen LogP contribution in [0.3, 0.4) is 0 Å². The minimum Gasteiger partial charge on any atom is -0.354 e. The molecule has 3 atom stereocenters. The molecule has 2 aromatic rings. The number of ether oxygens (including phenoxy) is 1. The lowest BCUT2D eigenvalue weighted by Gasteiger charge is -2.15. The Balaban J connectivity index is 2.09. The number of halogens is 2. The molecule has 0 amide bonds. The number of aromatic nitrogens is 3. The molecule has 7 heteroatoms. The summed E-state index contributed by atoms with van der Waals surface area (Å²) in [6.45, 7) is 4.42. The highest BCUT2D eigenvalue weighted by molar-refractivity contribution is 14.1. The van der Waals surface area contributed by atoms with Crippen molar-refractivity contribution in [1.82, 2.24) is 14.5 Å². The van der Waals surface area contributed by atoms with Crippen LogP contribution in [0.25, 0.3) is 11.0 Å². The maximum absolute atomic E-state index is 6.33. The lowest BCUT2D eigenvalue weighted by Crippen LogP contribution is -2.12. The van der Waals surface area contributed by atoms with Gasteiger partial charge in [-0.05, 0) is 47.6 Å². The fourth-order valence-electron chi connectivity index (χ4n) is 2.89. The molecule has 0 bridgehead atoms. The number of nitrogens with zero attached hydrogens (tertiary/aromatic N) is 3. The molecule has 2 aromatic heterocycles. The van der Waals surface area contributed by atoms with Crippen molar-refractivity contribution in [2.24, 2.45) is 5.92 Å². The highest BCUT2D eigenvalue weighted by atomic mass is 127. The maximum atomic E-state index is 6.33.